The van der Waals surface area contributed by atoms with Gasteiger partial charge in [0.05, 0.1) is 12.7 Å². The average Bonchev–Trinajstić information content (AvgIpc) is 2.16. The van der Waals surface area contributed by atoms with Gasteiger partial charge in [0.25, 0.3) is 0 Å². The molecule has 76 valence electrons. The van der Waals surface area contributed by atoms with Gasteiger partial charge in [-0.3, -0.25) is 4.79 Å². The number of Topliss-reactive ketones (excluding diaryl/α,β-unsaturated/α-hetero) is 1. The number of ketones is 1. The van der Waals surface area contributed by atoms with Crippen molar-refractivity contribution in [2.45, 2.75) is 13.8 Å². The molecule has 0 aromatic heterocycles. The SMILES string of the molecule is COc1ccc(C(=O)C(C)C)c(F)c1. The lowest BCUT2D eigenvalue weighted by molar-refractivity contribution is 0.0935. The van der Waals surface area contributed by atoms with E-state index in [2.05, 4.69) is 0 Å². The van der Waals surface area contributed by atoms with Crippen molar-refractivity contribution in [1.29, 1.82) is 0 Å². The minimum Gasteiger partial charge on any atom is -0.497 e. The van der Waals surface area contributed by atoms with Gasteiger partial charge >= 0.3 is 0 Å². The molecule has 0 spiro atoms. The summed E-state index contributed by atoms with van der Waals surface area (Å²) in [5.41, 5.74) is 0.126. The number of hydrogen-bond donors (Lipinski definition) is 0. The summed E-state index contributed by atoms with van der Waals surface area (Å²) in [7, 11) is 1.46. The normalized spacial score (nSPS) is 10.4. The molecular formula is C11H13FO2. The smallest absolute Gasteiger partial charge is 0.168 e. The molecule has 2 nitrogen and oxygen atoms in total. The number of hydrogen-bond acceptors (Lipinski definition) is 2. The Morgan fingerprint density at radius 1 is 1.43 bits per heavy atom. The fourth-order valence-corrected chi connectivity index (χ4v) is 1.13. The van der Waals surface area contributed by atoms with Crippen molar-refractivity contribution < 1.29 is 13.9 Å². The van der Waals surface area contributed by atoms with Crippen molar-refractivity contribution in [3.8, 4) is 5.75 Å². The van der Waals surface area contributed by atoms with E-state index in [1.165, 1.54) is 19.2 Å². The zero-order chi connectivity index (χ0) is 10.7. The van der Waals surface area contributed by atoms with E-state index in [0.29, 0.717) is 5.75 Å². The second kappa shape index (κ2) is 4.22. The topological polar surface area (TPSA) is 26.3 Å². The molecule has 0 fully saturated rings. The Kier molecular flexibility index (Phi) is 3.23. The maximum Gasteiger partial charge on any atom is 0.168 e. The number of benzene rings is 1. The second-order valence-corrected chi connectivity index (χ2v) is 3.36. The van der Waals surface area contributed by atoms with Gasteiger partial charge in [-0.15, -0.1) is 0 Å². The summed E-state index contributed by atoms with van der Waals surface area (Å²) >= 11 is 0. The molecule has 0 amide bonds. The van der Waals surface area contributed by atoms with Crippen LogP contribution in [0.5, 0.6) is 5.75 Å². The van der Waals surface area contributed by atoms with Crippen LogP contribution < -0.4 is 4.74 Å². The van der Waals surface area contributed by atoms with Crippen molar-refractivity contribution in [3.63, 3.8) is 0 Å². The van der Waals surface area contributed by atoms with E-state index >= 15 is 0 Å². The van der Waals surface area contributed by atoms with Crippen LogP contribution in [-0.4, -0.2) is 12.9 Å². The van der Waals surface area contributed by atoms with Crippen LogP contribution in [0.2, 0.25) is 0 Å². The van der Waals surface area contributed by atoms with Gasteiger partial charge in [-0.2, -0.15) is 0 Å². The first kappa shape index (κ1) is 10.7. The lowest BCUT2D eigenvalue weighted by Crippen LogP contribution is -2.09. The molecule has 1 aromatic rings. The number of carbonyl (C=O) groups excluding carboxylic acids is 1. The number of ether oxygens (including phenoxy) is 1. The van der Waals surface area contributed by atoms with Gasteiger partial charge in [-0.25, -0.2) is 4.39 Å². The monoisotopic (exact) mass is 196 g/mol. The van der Waals surface area contributed by atoms with E-state index in [1.54, 1.807) is 19.9 Å². The third-order valence-corrected chi connectivity index (χ3v) is 1.97. The molecule has 0 aliphatic carbocycles. The van der Waals surface area contributed by atoms with Gasteiger partial charge in [-0.1, -0.05) is 13.8 Å². The molecule has 0 aliphatic rings. The van der Waals surface area contributed by atoms with Crippen LogP contribution in [0.4, 0.5) is 4.39 Å². The van der Waals surface area contributed by atoms with Gasteiger partial charge in [-0.05, 0) is 12.1 Å². The standard InChI is InChI=1S/C11H13FO2/c1-7(2)11(13)9-5-4-8(14-3)6-10(9)12/h4-7H,1-3H3. The van der Waals surface area contributed by atoms with Crippen molar-refractivity contribution in [2.75, 3.05) is 7.11 Å². The summed E-state index contributed by atoms with van der Waals surface area (Å²) in [6, 6.07) is 4.25. The number of halogens is 1. The Balaban J connectivity index is 3.06. The van der Waals surface area contributed by atoms with Gasteiger partial charge in [0.1, 0.15) is 11.6 Å². The molecule has 0 aliphatic heterocycles. The molecule has 1 rings (SSSR count). The first-order valence-corrected chi connectivity index (χ1v) is 4.44. The van der Waals surface area contributed by atoms with Crippen LogP contribution >= 0.6 is 0 Å². The highest BCUT2D eigenvalue weighted by molar-refractivity contribution is 5.97. The quantitative estimate of drug-likeness (QED) is 0.695. The summed E-state index contributed by atoms with van der Waals surface area (Å²) in [5, 5.41) is 0. The Bertz CT molecular complexity index is 345. The molecule has 14 heavy (non-hydrogen) atoms. The molecule has 0 unspecified atom stereocenters. The lowest BCUT2D eigenvalue weighted by Gasteiger charge is -2.06. The van der Waals surface area contributed by atoms with Crippen LogP contribution in [0, 0.1) is 11.7 Å². The van der Waals surface area contributed by atoms with Crippen LogP contribution in [0.25, 0.3) is 0 Å². The highest BCUT2D eigenvalue weighted by atomic mass is 19.1. The van der Waals surface area contributed by atoms with E-state index in [1.807, 2.05) is 0 Å². The Hall–Kier alpha value is -1.38. The van der Waals surface area contributed by atoms with Crippen LogP contribution in [0.15, 0.2) is 18.2 Å². The summed E-state index contributed by atoms with van der Waals surface area (Å²) in [5.74, 6) is -0.492. The fourth-order valence-electron chi connectivity index (χ4n) is 1.13. The molecule has 0 radical (unpaired) electrons. The van der Waals surface area contributed by atoms with E-state index in [0.717, 1.165) is 0 Å². The maximum absolute atomic E-state index is 13.3. The predicted molar refractivity (Wildman–Crippen MR) is 52.1 cm³/mol. The van der Waals surface area contributed by atoms with Gasteiger partial charge in [0, 0.05) is 12.0 Å². The van der Waals surface area contributed by atoms with E-state index < -0.39 is 5.82 Å². The third kappa shape index (κ3) is 2.10. The Morgan fingerprint density at radius 3 is 2.50 bits per heavy atom. The van der Waals surface area contributed by atoms with Crippen LogP contribution in [0.1, 0.15) is 24.2 Å². The molecule has 0 saturated heterocycles. The van der Waals surface area contributed by atoms with Crippen LogP contribution in [-0.2, 0) is 0 Å². The first-order valence-electron chi connectivity index (χ1n) is 4.44. The maximum atomic E-state index is 13.3. The zero-order valence-corrected chi connectivity index (χ0v) is 8.50. The van der Waals surface area contributed by atoms with E-state index in [4.69, 9.17) is 4.74 Å². The highest BCUT2D eigenvalue weighted by Gasteiger charge is 2.15. The van der Waals surface area contributed by atoms with Crippen molar-refractivity contribution in [3.05, 3.63) is 29.6 Å². The van der Waals surface area contributed by atoms with Crippen molar-refractivity contribution in [2.24, 2.45) is 5.92 Å². The summed E-state index contributed by atoms with van der Waals surface area (Å²) in [6.45, 7) is 3.48. The molecule has 0 saturated carbocycles. The van der Waals surface area contributed by atoms with Gasteiger partial charge in [0.2, 0.25) is 0 Å². The summed E-state index contributed by atoms with van der Waals surface area (Å²) < 4.78 is 18.2. The average molecular weight is 196 g/mol. The van der Waals surface area contributed by atoms with Crippen molar-refractivity contribution >= 4 is 5.78 Å². The minimum atomic E-state index is -0.525. The first-order chi connectivity index (χ1) is 6.56. The molecular weight excluding hydrogens is 183 g/mol. The molecule has 0 heterocycles. The predicted octanol–water partition coefficient (Wildman–Crippen LogP) is 2.67. The van der Waals surface area contributed by atoms with Gasteiger partial charge in [0.15, 0.2) is 5.78 Å². The fraction of sp³-hybridized carbons (Fsp3) is 0.364. The van der Waals surface area contributed by atoms with Crippen molar-refractivity contribution in [1.82, 2.24) is 0 Å². The largest absolute Gasteiger partial charge is 0.497 e. The summed E-state index contributed by atoms with van der Waals surface area (Å²) in [6.07, 6.45) is 0. The zero-order valence-electron chi connectivity index (χ0n) is 8.50. The summed E-state index contributed by atoms with van der Waals surface area (Å²) in [4.78, 5) is 11.5. The van der Waals surface area contributed by atoms with E-state index in [-0.39, 0.29) is 17.3 Å². The highest BCUT2D eigenvalue weighted by Crippen LogP contribution is 2.18. The van der Waals surface area contributed by atoms with Gasteiger partial charge < -0.3 is 4.74 Å². The van der Waals surface area contributed by atoms with Crippen LogP contribution in [0.3, 0.4) is 0 Å². The molecule has 3 heteroatoms. The second-order valence-electron chi connectivity index (χ2n) is 3.36. The third-order valence-electron chi connectivity index (χ3n) is 1.97. The molecule has 0 atom stereocenters. The molecule has 0 N–H and O–H groups in total. The minimum absolute atomic E-state index is 0.126. The number of carbonyl (C=O) groups is 1. The Morgan fingerprint density at radius 2 is 2.07 bits per heavy atom. The Labute approximate surface area is 82.7 Å². The lowest BCUT2D eigenvalue weighted by atomic mass is 10.0. The van der Waals surface area contributed by atoms with E-state index in [9.17, 15) is 9.18 Å². The molecule has 1 aromatic carbocycles. The molecule has 0 bridgehead atoms. The number of methoxy groups -OCH3 is 1. The number of rotatable bonds is 3.